The van der Waals surface area contributed by atoms with Gasteiger partial charge in [0.25, 0.3) is 0 Å². The van der Waals surface area contributed by atoms with Crippen LogP contribution in [0.15, 0.2) is 0 Å². The first-order chi connectivity index (χ1) is 8.47. The predicted octanol–water partition coefficient (Wildman–Crippen LogP) is 3.50. The molecule has 3 nitrogen and oxygen atoms in total. The molecule has 0 aromatic carbocycles. The summed E-state index contributed by atoms with van der Waals surface area (Å²) in [6.45, 7) is 12.4. The van der Waals surface area contributed by atoms with Crippen LogP contribution in [0.5, 0.6) is 0 Å². The summed E-state index contributed by atoms with van der Waals surface area (Å²) in [5.74, 6) is -0.0467. The fourth-order valence-corrected chi connectivity index (χ4v) is 3.20. The van der Waals surface area contributed by atoms with E-state index in [0.717, 1.165) is 0 Å². The standard InChI is InChI=1S/C16H26N2O/c1-14(2,3)11-7-16(9-17,10-18)8-12(13(11)19)15(4,5)6/h11-13,19H,7-8H2,1-6H3. The molecule has 1 rings (SSSR count). The molecule has 19 heavy (non-hydrogen) atoms. The van der Waals surface area contributed by atoms with Gasteiger partial charge in [-0.3, -0.25) is 0 Å². The second-order valence-corrected chi connectivity index (χ2v) is 8.15. The molecule has 0 amide bonds. The minimum atomic E-state index is -0.949. The van der Waals surface area contributed by atoms with Crippen molar-refractivity contribution in [2.45, 2.75) is 60.5 Å². The number of hydrogen-bond donors (Lipinski definition) is 1. The van der Waals surface area contributed by atoms with Crippen LogP contribution in [0.3, 0.4) is 0 Å². The molecule has 0 aliphatic heterocycles. The molecule has 0 radical (unpaired) electrons. The number of rotatable bonds is 0. The minimum absolute atomic E-state index is 0.0234. The molecule has 106 valence electrons. The number of nitrogens with zero attached hydrogens (tertiary/aromatic N) is 2. The number of aliphatic hydroxyl groups excluding tert-OH is 1. The van der Waals surface area contributed by atoms with Gasteiger partial charge in [-0.15, -0.1) is 0 Å². The quantitative estimate of drug-likeness (QED) is 0.726. The van der Waals surface area contributed by atoms with Crippen LogP contribution < -0.4 is 0 Å². The summed E-state index contributed by atoms with van der Waals surface area (Å²) in [5, 5.41) is 29.6. The summed E-state index contributed by atoms with van der Waals surface area (Å²) >= 11 is 0. The largest absolute Gasteiger partial charge is 0.393 e. The maximum Gasteiger partial charge on any atom is 0.144 e. The molecule has 3 heteroatoms. The summed E-state index contributed by atoms with van der Waals surface area (Å²) in [6, 6.07) is 4.44. The van der Waals surface area contributed by atoms with Crippen LogP contribution >= 0.6 is 0 Å². The molecule has 0 aromatic heterocycles. The molecular formula is C16H26N2O. The van der Waals surface area contributed by atoms with Gasteiger partial charge >= 0.3 is 0 Å². The Morgan fingerprint density at radius 1 is 0.895 bits per heavy atom. The van der Waals surface area contributed by atoms with Crippen LogP contribution in [0, 0.1) is 50.7 Å². The van der Waals surface area contributed by atoms with Gasteiger partial charge in [-0.05, 0) is 35.5 Å². The molecule has 1 saturated carbocycles. The first-order valence-electron chi connectivity index (χ1n) is 6.97. The van der Waals surface area contributed by atoms with E-state index in [1.165, 1.54) is 0 Å². The lowest BCUT2D eigenvalue weighted by Crippen LogP contribution is -2.50. The highest BCUT2D eigenvalue weighted by Crippen LogP contribution is 2.52. The van der Waals surface area contributed by atoms with Gasteiger partial charge in [0.05, 0.1) is 18.2 Å². The van der Waals surface area contributed by atoms with E-state index in [9.17, 15) is 15.6 Å². The average molecular weight is 262 g/mol. The van der Waals surface area contributed by atoms with Crippen LogP contribution in [0.2, 0.25) is 0 Å². The van der Waals surface area contributed by atoms with Crippen LogP contribution in [-0.2, 0) is 0 Å². The van der Waals surface area contributed by atoms with E-state index in [0.29, 0.717) is 12.8 Å². The van der Waals surface area contributed by atoms with Crippen LogP contribution in [0.1, 0.15) is 54.4 Å². The molecule has 1 N–H and O–H groups in total. The fraction of sp³-hybridized carbons (Fsp3) is 0.875. The van der Waals surface area contributed by atoms with Gasteiger partial charge < -0.3 is 5.11 Å². The molecule has 2 unspecified atom stereocenters. The van der Waals surface area contributed by atoms with E-state index in [1.54, 1.807) is 0 Å². The summed E-state index contributed by atoms with van der Waals surface area (Å²) in [7, 11) is 0. The maximum absolute atomic E-state index is 10.7. The zero-order chi connectivity index (χ0) is 15.1. The topological polar surface area (TPSA) is 67.8 Å². The zero-order valence-corrected chi connectivity index (χ0v) is 13.0. The third-order valence-electron chi connectivity index (χ3n) is 4.61. The monoisotopic (exact) mass is 262 g/mol. The van der Waals surface area contributed by atoms with Crippen molar-refractivity contribution >= 4 is 0 Å². The third-order valence-corrected chi connectivity index (χ3v) is 4.61. The normalized spacial score (nSPS) is 31.3. The molecule has 1 aliphatic rings. The zero-order valence-electron chi connectivity index (χ0n) is 13.0. The van der Waals surface area contributed by atoms with E-state index in [4.69, 9.17) is 0 Å². The number of nitriles is 2. The maximum atomic E-state index is 10.7. The van der Waals surface area contributed by atoms with Gasteiger partial charge in [-0.25, -0.2) is 0 Å². The van der Waals surface area contributed by atoms with E-state index >= 15 is 0 Å². The SMILES string of the molecule is CC(C)(C)C1CC(C#N)(C#N)CC(C(C)(C)C)C1O. The van der Waals surface area contributed by atoms with Crippen molar-refractivity contribution in [1.29, 1.82) is 10.5 Å². The van der Waals surface area contributed by atoms with Crippen molar-refractivity contribution < 1.29 is 5.11 Å². The Bertz CT molecular complexity index is 374. The highest BCUT2D eigenvalue weighted by Gasteiger charge is 2.52. The van der Waals surface area contributed by atoms with Gasteiger partial charge in [-0.2, -0.15) is 10.5 Å². The Balaban J connectivity index is 3.25. The Kier molecular flexibility index (Phi) is 4.04. The van der Waals surface area contributed by atoms with E-state index in [-0.39, 0.29) is 22.7 Å². The van der Waals surface area contributed by atoms with E-state index < -0.39 is 11.5 Å². The van der Waals surface area contributed by atoms with Crippen molar-refractivity contribution in [1.82, 2.24) is 0 Å². The van der Waals surface area contributed by atoms with Crippen molar-refractivity contribution in [3.8, 4) is 12.1 Å². The second kappa shape index (κ2) is 4.80. The van der Waals surface area contributed by atoms with E-state index in [2.05, 4.69) is 53.7 Å². The lowest BCUT2D eigenvalue weighted by molar-refractivity contribution is -0.0874. The Morgan fingerprint density at radius 3 is 1.42 bits per heavy atom. The van der Waals surface area contributed by atoms with Gasteiger partial charge in [0.1, 0.15) is 5.41 Å². The molecule has 1 aliphatic carbocycles. The lowest BCUT2D eigenvalue weighted by Gasteiger charge is -2.50. The number of aliphatic hydroxyl groups is 1. The molecular weight excluding hydrogens is 236 g/mol. The highest BCUT2D eigenvalue weighted by atomic mass is 16.3. The first-order valence-corrected chi connectivity index (χ1v) is 6.97. The molecule has 0 bridgehead atoms. The Labute approximate surface area is 117 Å². The van der Waals surface area contributed by atoms with Crippen molar-refractivity contribution in [2.24, 2.45) is 28.1 Å². The average Bonchev–Trinajstić information content (AvgIpc) is 2.27. The molecule has 0 spiro atoms. The minimum Gasteiger partial charge on any atom is -0.393 e. The molecule has 0 saturated heterocycles. The van der Waals surface area contributed by atoms with Crippen molar-refractivity contribution in [3.63, 3.8) is 0 Å². The lowest BCUT2D eigenvalue weighted by atomic mass is 9.54. The van der Waals surface area contributed by atoms with Gasteiger partial charge in [-0.1, -0.05) is 41.5 Å². The summed E-state index contributed by atoms with van der Waals surface area (Å²) < 4.78 is 0. The van der Waals surface area contributed by atoms with Gasteiger partial charge in [0, 0.05) is 0 Å². The van der Waals surface area contributed by atoms with Crippen LogP contribution in [-0.4, -0.2) is 11.2 Å². The first kappa shape index (κ1) is 16.0. The van der Waals surface area contributed by atoms with Crippen molar-refractivity contribution in [3.05, 3.63) is 0 Å². The van der Waals surface area contributed by atoms with Crippen molar-refractivity contribution in [2.75, 3.05) is 0 Å². The molecule has 2 atom stereocenters. The smallest absolute Gasteiger partial charge is 0.144 e. The van der Waals surface area contributed by atoms with Crippen LogP contribution in [0.25, 0.3) is 0 Å². The highest BCUT2D eigenvalue weighted by molar-refractivity contribution is 5.19. The van der Waals surface area contributed by atoms with Gasteiger partial charge in [0.15, 0.2) is 0 Å². The molecule has 1 fully saturated rings. The van der Waals surface area contributed by atoms with Gasteiger partial charge in [0.2, 0.25) is 0 Å². The molecule has 0 aromatic rings. The Morgan fingerprint density at radius 2 is 1.21 bits per heavy atom. The summed E-state index contributed by atoms with van der Waals surface area (Å²) in [4.78, 5) is 0. The summed E-state index contributed by atoms with van der Waals surface area (Å²) in [6.07, 6.45) is 0.490. The molecule has 0 heterocycles. The number of hydrogen-bond acceptors (Lipinski definition) is 3. The van der Waals surface area contributed by atoms with E-state index in [1.807, 2.05) is 0 Å². The fourth-order valence-electron chi connectivity index (χ4n) is 3.20. The third kappa shape index (κ3) is 3.10. The Hall–Kier alpha value is -1.06. The second-order valence-electron chi connectivity index (χ2n) is 8.15. The van der Waals surface area contributed by atoms with Crippen LogP contribution in [0.4, 0.5) is 0 Å². The summed E-state index contributed by atoms with van der Waals surface area (Å²) in [5.41, 5.74) is -1.17. The predicted molar refractivity (Wildman–Crippen MR) is 74.8 cm³/mol.